The Kier molecular flexibility index (Phi) is 4.85. The van der Waals surface area contributed by atoms with Gasteiger partial charge < -0.3 is 14.4 Å². The van der Waals surface area contributed by atoms with Crippen molar-refractivity contribution in [3.8, 4) is 0 Å². The number of morpholine rings is 1. The molecule has 1 N–H and O–H groups in total. The quantitative estimate of drug-likeness (QED) is 0.817. The van der Waals surface area contributed by atoms with E-state index in [1.165, 1.54) is 12.8 Å². The molecule has 0 radical (unpaired) electrons. The number of hydrogen-bond donors (Lipinski definition) is 1. The number of likely N-dealkylation sites (tertiary alicyclic amines) is 1. The molecule has 3 heterocycles. The second kappa shape index (κ2) is 7.07. The van der Waals surface area contributed by atoms with Crippen LogP contribution in [0.5, 0.6) is 0 Å². The van der Waals surface area contributed by atoms with Crippen molar-refractivity contribution < 1.29 is 14.4 Å². The topological polar surface area (TPSA) is 74.9 Å². The molecule has 1 unspecified atom stereocenters. The molecule has 4 rings (SSSR count). The zero-order valence-corrected chi connectivity index (χ0v) is 14.3. The lowest BCUT2D eigenvalue weighted by Gasteiger charge is -2.39. The smallest absolute Gasteiger partial charge is 0.229 e. The Bertz CT molecular complexity index is 542. The highest BCUT2D eigenvalue weighted by molar-refractivity contribution is 5.05. The lowest BCUT2D eigenvalue weighted by atomic mass is 9.89. The lowest BCUT2D eigenvalue weighted by molar-refractivity contribution is -0.0394. The minimum absolute atomic E-state index is 0.473. The Hall–Kier alpha value is -1.02. The van der Waals surface area contributed by atoms with Gasteiger partial charge in [0.05, 0.1) is 25.2 Å². The summed E-state index contributed by atoms with van der Waals surface area (Å²) in [5.74, 6) is 1.91. The van der Waals surface area contributed by atoms with Crippen LogP contribution in [-0.4, -0.2) is 83.1 Å². The van der Waals surface area contributed by atoms with E-state index >= 15 is 0 Å². The average molecular weight is 336 g/mol. The molecule has 7 nitrogen and oxygen atoms in total. The second-order valence-electron chi connectivity index (χ2n) is 7.56. The Morgan fingerprint density at radius 3 is 2.71 bits per heavy atom. The van der Waals surface area contributed by atoms with Crippen LogP contribution in [0.3, 0.4) is 0 Å². The summed E-state index contributed by atoms with van der Waals surface area (Å²) in [6.45, 7) is 7.51. The van der Waals surface area contributed by atoms with Gasteiger partial charge >= 0.3 is 0 Å². The first kappa shape index (κ1) is 16.4. The summed E-state index contributed by atoms with van der Waals surface area (Å²) in [5, 5.41) is 15.1. The number of nitrogens with zero attached hydrogens (tertiary/aromatic N) is 4. The number of β-amino-alcohol motifs (C(OH)–C–C–N with tert-alkyl or cyclic N) is 1. The molecule has 0 aromatic carbocycles. The third-order valence-electron chi connectivity index (χ3n) is 5.38. The van der Waals surface area contributed by atoms with E-state index in [9.17, 15) is 5.11 Å². The van der Waals surface area contributed by atoms with Gasteiger partial charge in [0.15, 0.2) is 5.82 Å². The van der Waals surface area contributed by atoms with Crippen molar-refractivity contribution in [3.63, 3.8) is 0 Å². The highest BCUT2D eigenvalue weighted by atomic mass is 16.5. The van der Waals surface area contributed by atoms with Crippen molar-refractivity contribution in [1.29, 1.82) is 0 Å². The molecule has 3 fully saturated rings. The second-order valence-corrected chi connectivity index (χ2v) is 7.56. The highest BCUT2D eigenvalue weighted by Gasteiger charge is 2.36. The molecule has 1 aromatic rings. The van der Waals surface area contributed by atoms with Crippen LogP contribution in [0.4, 0.5) is 0 Å². The molecule has 1 saturated carbocycles. The highest BCUT2D eigenvalue weighted by Crippen LogP contribution is 2.38. The molecule has 2 aliphatic heterocycles. The van der Waals surface area contributed by atoms with Crippen molar-refractivity contribution in [2.45, 2.75) is 43.6 Å². The minimum atomic E-state index is -0.739. The van der Waals surface area contributed by atoms with Crippen LogP contribution in [0.1, 0.15) is 43.3 Å². The van der Waals surface area contributed by atoms with E-state index in [4.69, 9.17) is 9.26 Å². The van der Waals surface area contributed by atoms with Gasteiger partial charge in [-0.2, -0.15) is 4.98 Å². The summed E-state index contributed by atoms with van der Waals surface area (Å²) in [6, 6.07) is 0. The first-order chi connectivity index (χ1) is 11.7. The van der Waals surface area contributed by atoms with Gasteiger partial charge in [0, 0.05) is 38.6 Å². The molecular weight excluding hydrogens is 308 g/mol. The molecule has 7 heteroatoms. The normalized spacial score (nSPS) is 29.9. The fourth-order valence-corrected chi connectivity index (χ4v) is 3.78. The Morgan fingerprint density at radius 1 is 1.12 bits per heavy atom. The van der Waals surface area contributed by atoms with Crippen LogP contribution < -0.4 is 0 Å². The van der Waals surface area contributed by atoms with Gasteiger partial charge in [-0.25, -0.2) is 0 Å². The van der Waals surface area contributed by atoms with E-state index in [0.29, 0.717) is 24.8 Å². The molecule has 1 aromatic heterocycles. The van der Waals surface area contributed by atoms with Crippen LogP contribution in [0, 0.1) is 0 Å². The molecule has 3 aliphatic rings. The number of ether oxygens (including phenoxy) is 1. The number of rotatable bonds is 6. The lowest BCUT2D eigenvalue weighted by Crippen LogP contribution is -2.51. The predicted molar refractivity (Wildman–Crippen MR) is 87.9 cm³/mol. The van der Waals surface area contributed by atoms with Crippen LogP contribution in [0.15, 0.2) is 4.52 Å². The monoisotopic (exact) mass is 336 g/mol. The molecule has 24 heavy (non-hydrogen) atoms. The Balaban J connectivity index is 1.29. The molecule has 1 aliphatic carbocycles. The molecule has 0 bridgehead atoms. The summed E-state index contributed by atoms with van der Waals surface area (Å²) in [6.07, 6.45) is 4.63. The van der Waals surface area contributed by atoms with Gasteiger partial charge in [-0.1, -0.05) is 5.16 Å². The van der Waals surface area contributed by atoms with Crippen molar-refractivity contribution in [1.82, 2.24) is 19.9 Å². The number of hydrogen-bond acceptors (Lipinski definition) is 7. The fraction of sp³-hybridized carbons (Fsp3) is 0.882. The van der Waals surface area contributed by atoms with Gasteiger partial charge in [0.25, 0.3) is 0 Å². The van der Waals surface area contributed by atoms with Crippen molar-refractivity contribution in [2.24, 2.45) is 0 Å². The van der Waals surface area contributed by atoms with E-state index in [2.05, 4.69) is 19.9 Å². The predicted octanol–water partition coefficient (Wildman–Crippen LogP) is 0.649. The first-order valence-electron chi connectivity index (χ1n) is 9.28. The summed E-state index contributed by atoms with van der Waals surface area (Å²) >= 11 is 0. The van der Waals surface area contributed by atoms with Gasteiger partial charge in [0.2, 0.25) is 5.89 Å². The maximum atomic E-state index is 11.0. The van der Waals surface area contributed by atoms with Gasteiger partial charge in [0.1, 0.15) is 0 Å². The van der Waals surface area contributed by atoms with E-state index in [1.807, 2.05) is 0 Å². The molecule has 2 saturated heterocycles. The number of piperidine rings is 1. The zero-order valence-electron chi connectivity index (χ0n) is 14.3. The summed E-state index contributed by atoms with van der Waals surface area (Å²) in [5.41, 5.74) is -0.739. The number of aliphatic hydroxyl groups is 1. The third-order valence-corrected chi connectivity index (χ3v) is 5.38. The molecular formula is C17H28N4O3. The third kappa shape index (κ3) is 4.14. The fourth-order valence-electron chi connectivity index (χ4n) is 3.78. The molecule has 134 valence electrons. The van der Waals surface area contributed by atoms with Gasteiger partial charge in [-0.05, 0) is 32.2 Å². The van der Waals surface area contributed by atoms with Gasteiger partial charge in [-0.15, -0.1) is 0 Å². The molecule has 0 spiro atoms. The summed E-state index contributed by atoms with van der Waals surface area (Å²) in [4.78, 5) is 9.29. The van der Waals surface area contributed by atoms with Crippen LogP contribution in [-0.2, 0) is 11.2 Å². The van der Waals surface area contributed by atoms with Crippen molar-refractivity contribution in [3.05, 3.63) is 11.7 Å². The van der Waals surface area contributed by atoms with E-state index < -0.39 is 5.60 Å². The molecule has 0 amide bonds. The Morgan fingerprint density at radius 2 is 1.92 bits per heavy atom. The summed E-state index contributed by atoms with van der Waals surface area (Å²) < 4.78 is 10.8. The summed E-state index contributed by atoms with van der Waals surface area (Å²) in [7, 11) is 0. The van der Waals surface area contributed by atoms with Crippen molar-refractivity contribution in [2.75, 3.05) is 52.5 Å². The minimum Gasteiger partial charge on any atom is -0.388 e. The van der Waals surface area contributed by atoms with Crippen LogP contribution >= 0.6 is 0 Å². The van der Waals surface area contributed by atoms with Crippen LogP contribution in [0.25, 0.3) is 0 Å². The largest absolute Gasteiger partial charge is 0.388 e. The Labute approximate surface area is 143 Å². The van der Waals surface area contributed by atoms with Gasteiger partial charge in [-0.3, -0.25) is 9.80 Å². The zero-order chi connectivity index (χ0) is 16.4. The average Bonchev–Trinajstić information content (AvgIpc) is 3.34. The molecule has 1 atom stereocenters. The standard InChI is InChI=1S/C17H28N4O3/c22-17(12-15-18-16(19-24-15)14-2-3-14)4-1-5-21(13-17)7-6-20-8-10-23-11-9-20/h14,22H,1-13H2. The SMILES string of the molecule is OC1(Cc2nc(C3CC3)no2)CCCN(CCN2CCOCC2)C1. The van der Waals surface area contributed by atoms with E-state index in [0.717, 1.165) is 64.6 Å². The van der Waals surface area contributed by atoms with Crippen molar-refractivity contribution >= 4 is 0 Å². The first-order valence-corrected chi connectivity index (χ1v) is 9.28. The maximum Gasteiger partial charge on any atom is 0.229 e. The van der Waals surface area contributed by atoms with Crippen LogP contribution in [0.2, 0.25) is 0 Å². The number of aromatic nitrogens is 2. The van der Waals surface area contributed by atoms with E-state index in [1.54, 1.807) is 0 Å². The van der Waals surface area contributed by atoms with E-state index in [-0.39, 0.29) is 0 Å². The maximum absolute atomic E-state index is 11.0.